The standard InChI is InChI=1S/C25H25N3O3S/c1-3-25(13-8-5-9-14-25)27-24(30)23-22(12-15-32-23)31-17-21(29)20-16-26-28(18(20)2)19-10-6-4-7-11-19/h1,4,6-7,10-12,15-16H,5,8-9,13-14,17H2,2H3,(H,27,30). The van der Waals surface area contributed by atoms with E-state index in [0.717, 1.165) is 43.5 Å². The van der Waals surface area contributed by atoms with E-state index >= 15 is 0 Å². The summed E-state index contributed by atoms with van der Waals surface area (Å²) in [5.41, 5.74) is 1.51. The Bertz CT molecular complexity index is 1150. The molecular formula is C25H25N3O3S. The zero-order chi connectivity index (χ0) is 22.6. The molecule has 0 atom stereocenters. The van der Waals surface area contributed by atoms with Crippen molar-refractivity contribution in [1.82, 2.24) is 15.1 Å². The van der Waals surface area contributed by atoms with Crippen molar-refractivity contribution in [2.24, 2.45) is 0 Å². The van der Waals surface area contributed by atoms with Crippen LogP contribution in [0.2, 0.25) is 0 Å². The molecule has 2 aromatic heterocycles. The number of benzene rings is 1. The van der Waals surface area contributed by atoms with Crippen molar-refractivity contribution >= 4 is 23.0 Å². The number of para-hydroxylation sites is 1. The van der Waals surface area contributed by atoms with Gasteiger partial charge in [0.2, 0.25) is 5.78 Å². The number of terminal acetylenes is 1. The molecule has 1 fully saturated rings. The molecule has 164 valence electrons. The van der Waals surface area contributed by atoms with E-state index in [0.29, 0.717) is 16.2 Å². The number of nitrogens with zero attached hydrogens (tertiary/aromatic N) is 2. The Kier molecular flexibility index (Phi) is 6.42. The lowest BCUT2D eigenvalue weighted by Crippen LogP contribution is -2.48. The second-order valence-electron chi connectivity index (χ2n) is 7.96. The molecule has 7 heteroatoms. The number of ether oxygens (including phenoxy) is 1. The molecule has 32 heavy (non-hydrogen) atoms. The topological polar surface area (TPSA) is 73.2 Å². The molecule has 1 aliphatic carbocycles. The number of Topliss-reactive ketones (excluding diaryl/α,β-unsaturated/α-hetero) is 1. The van der Waals surface area contributed by atoms with Crippen LogP contribution < -0.4 is 10.1 Å². The van der Waals surface area contributed by atoms with Gasteiger partial charge in [0, 0.05) is 0 Å². The van der Waals surface area contributed by atoms with Gasteiger partial charge in [-0.2, -0.15) is 5.10 Å². The van der Waals surface area contributed by atoms with Gasteiger partial charge in [-0.15, -0.1) is 17.8 Å². The van der Waals surface area contributed by atoms with Crippen LogP contribution in [0.4, 0.5) is 0 Å². The van der Waals surface area contributed by atoms with Gasteiger partial charge in [0.15, 0.2) is 6.61 Å². The van der Waals surface area contributed by atoms with Crippen molar-refractivity contribution in [2.45, 2.75) is 44.6 Å². The highest BCUT2D eigenvalue weighted by molar-refractivity contribution is 7.12. The average Bonchev–Trinajstić information content (AvgIpc) is 3.45. The molecule has 0 radical (unpaired) electrons. The number of thiophene rings is 1. The van der Waals surface area contributed by atoms with E-state index in [4.69, 9.17) is 11.2 Å². The molecule has 0 aliphatic heterocycles. The van der Waals surface area contributed by atoms with E-state index in [1.54, 1.807) is 22.3 Å². The van der Waals surface area contributed by atoms with Crippen LogP contribution in [0.1, 0.15) is 57.8 Å². The lowest BCUT2D eigenvalue weighted by atomic mass is 9.82. The van der Waals surface area contributed by atoms with E-state index in [2.05, 4.69) is 16.3 Å². The molecule has 4 rings (SSSR count). The van der Waals surface area contributed by atoms with Crippen molar-refractivity contribution < 1.29 is 14.3 Å². The van der Waals surface area contributed by atoms with Gasteiger partial charge in [-0.05, 0) is 43.3 Å². The van der Waals surface area contributed by atoms with E-state index in [9.17, 15) is 9.59 Å². The Hall–Kier alpha value is -3.37. The van der Waals surface area contributed by atoms with Crippen molar-refractivity contribution in [3.8, 4) is 23.8 Å². The predicted molar refractivity (Wildman–Crippen MR) is 125 cm³/mol. The van der Waals surface area contributed by atoms with Crippen LogP contribution in [-0.2, 0) is 0 Å². The average molecular weight is 448 g/mol. The highest BCUT2D eigenvalue weighted by Crippen LogP contribution is 2.30. The number of hydrogen-bond acceptors (Lipinski definition) is 5. The molecule has 0 saturated heterocycles. The van der Waals surface area contributed by atoms with Crippen molar-refractivity contribution in [3.05, 3.63) is 64.1 Å². The number of amides is 1. The number of carbonyl (C=O) groups excluding carboxylic acids is 2. The van der Waals surface area contributed by atoms with Crippen molar-refractivity contribution in [1.29, 1.82) is 0 Å². The summed E-state index contributed by atoms with van der Waals surface area (Å²) in [5, 5.41) is 9.15. The zero-order valence-electron chi connectivity index (χ0n) is 18.0. The Balaban J connectivity index is 1.43. The molecule has 0 bridgehead atoms. The lowest BCUT2D eigenvalue weighted by molar-refractivity contribution is 0.0884. The second kappa shape index (κ2) is 9.41. The minimum atomic E-state index is -0.602. The number of aromatic nitrogens is 2. The molecule has 3 aromatic rings. The van der Waals surface area contributed by atoms with E-state index in [1.807, 2.05) is 37.3 Å². The lowest BCUT2D eigenvalue weighted by Gasteiger charge is -2.33. The molecule has 1 aliphatic rings. The summed E-state index contributed by atoms with van der Waals surface area (Å²) in [6, 6.07) is 11.3. The van der Waals surface area contributed by atoms with Gasteiger partial charge < -0.3 is 10.1 Å². The number of rotatable bonds is 7. The summed E-state index contributed by atoms with van der Waals surface area (Å²) in [6.07, 6.45) is 12.0. The number of carbonyl (C=O) groups is 2. The van der Waals surface area contributed by atoms with Crippen molar-refractivity contribution in [2.75, 3.05) is 6.61 Å². The summed E-state index contributed by atoms with van der Waals surface area (Å²) in [4.78, 5) is 26.1. The van der Waals surface area contributed by atoms with E-state index < -0.39 is 5.54 Å². The molecule has 2 heterocycles. The Labute approximate surface area is 191 Å². The maximum absolute atomic E-state index is 12.9. The second-order valence-corrected chi connectivity index (χ2v) is 8.87. The first-order chi connectivity index (χ1) is 15.5. The summed E-state index contributed by atoms with van der Waals surface area (Å²) in [6.45, 7) is 1.67. The van der Waals surface area contributed by atoms with Crippen LogP contribution >= 0.6 is 11.3 Å². The van der Waals surface area contributed by atoms with Crippen molar-refractivity contribution in [3.63, 3.8) is 0 Å². The molecular weight excluding hydrogens is 422 g/mol. The van der Waals surface area contributed by atoms with Gasteiger partial charge in [-0.1, -0.05) is 43.4 Å². The van der Waals surface area contributed by atoms with Crippen LogP contribution in [0.15, 0.2) is 48.0 Å². The summed E-state index contributed by atoms with van der Waals surface area (Å²) in [5.74, 6) is 2.72. The first-order valence-electron chi connectivity index (χ1n) is 10.7. The maximum atomic E-state index is 12.9. The summed E-state index contributed by atoms with van der Waals surface area (Å²) in [7, 11) is 0. The van der Waals surface area contributed by atoms with E-state index in [1.165, 1.54) is 11.3 Å². The van der Waals surface area contributed by atoms with Crippen LogP contribution in [0.25, 0.3) is 5.69 Å². The fraction of sp³-hybridized carbons (Fsp3) is 0.320. The first kappa shape index (κ1) is 21.8. The zero-order valence-corrected chi connectivity index (χ0v) is 18.8. The molecule has 1 amide bonds. The monoisotopic (exact) mass is 447 g/mol. The highest BCUT2D eigenvalue weighted by Gasteiger charge is 2.33. The normalized spacial score (nSPS) is 15.0. The quantitative estimate of drug-likeness (QED) is 0.425. The third-order valence-electron chi connectivity index (χ3n) is 5.84. The number of hydrogen-bond donors (Lipinski definition) is 1. The fourth-order valence-electron chi connectivity index (χ4n) is 4.05. The van der Waals surface area contributed by atoms with Crippen LogP contribution in [0.5, 0.6) is 5.75 Å². The molecule has 1 N–H and O–H groups in total. The summed E-state index contributed by atoms with van der Waals surface area (Å²) < 4.78 is 7.47. The minimum Gasteiger partial charge on any atom is -0.484 e. The Morgan fingerprint density at radius 1 is 1.22 bits per heavy atom. The maximum Gasteiger partial charge on any atom is 0.266 e. The first-order valence-corrected chi connectivity index (χ1v) is 11.5. The Morgan fingerprint density at radius 3 is 2.69 bits per heavy atom. The largest absolute Gasteiger partial charge is 0.484 e. The molecule has 6 nitrogen and oxygen atoms in total. The van der Waals surface area contributed by atoms with Gasteiger partial charge >= 0.3 is 0 Å². The van der Waals surface area contributed by atoms with Gasteiger partial charge in [0.25, 0.3) is 5.91 Å². The number of ketones is 1. The van der Waals surface area contributed by atoms with Gasteiger partial charge in [-0.3, -0.25) is 9.59 Å². The molecule has 1 saturated carbocycles. The van der Waals surface area contributed by atoms with Gasteiger partial charge in [-0.25, -0.2) is 4.68 Å². The van der Waals surface area contributed by atoms with Crippen LogP contribution in [0.3, 0.4) is 0 Å². The Morgan fingerprint density at radius 2 is 1.97 bits per heavy atom. The molecule has 1 aromatic carbocycles. The third-order valence-corrected chi connectivity index (χ3v) is 6.74. The van der Waals surface area contributed by atoms with Gasteiger partial charge in [0.1, 0.15) is 16.2 Å². The highest BCUT2D eigenvalue weighted by atomic mass is 32.1. The fourth-order valence-corrected chi connectivity index (χ4v) is 4.77. The SMILES string of the molecule is C#CC1(NC(=O)c2sccc2OCC(=O)c2cnn(-c3ccccc3)c2C)CCCCC1. The number of nitrogens with one attached hydrogen (secondary N) is 1. The predicted octanol–water partition coefficient (Wildman–Crippen LogP) is 4.57. The summed E-state index contributed by atoms with van der Waals surface area (Å²) >= 11 is 1.27. The molecule has 0 spiro atoms. The van der Waals surface area contributed by atoms with Crippen LogP contribution in [0, 0.1) is 19.3 Å². The van der Waals surface area contributed by atoms with Crippen LogP contribution in [-0.4, -0.2) is 33.6 Å². The minimum absolute atomic E-state index is 0.182. The van der Waals surface area contributed by atoms with E-state index in [-0.39, 0.29) is 18.3 Å². The van der Waals surface area contributed by atoms with Gasteiger partial charge in [0.05, 0.1) is 23.1 Å². The molecule has 0 unspecified atom stereocenters. The smallest absolute Gasteiger partial charge is 0.266 e. The third kappa shape index (κ3) is 4.46.